The molecule has 4 nitrogen and oxygen atoms in total. The van der Waals surface area contributed by atoms with Gasteiger partial charge >= 0.3 is 0 Å². The van der Waals surface area contributed by atoms with Crippen LogP contribution >= 0.6 is 11.3 Å². The van der Waals surface area contributed by atoms with Gasteiger partial charge < -0.3 is 11.1 Å². The highest BCUT2D eigenvalue weighted by molar-refractivity contribution is 7.09. The summed E-state index contributed by atoms with van der Waals surface area (Å²) in [5, 5.41) is 5.17. The van der Waals surface area contributed by atoms with Crippen molar-refractivity contribution in [2.24, 2.45) is 5.92 Å². The molecule has 1 aliphatic rings. The van der Waals surface area contributed by atoms with E-state index in [2.05, 4.69) is 33.8 Å². The Morgan fingerprint density at radius 1 is 1.25 bits per heavy atom. The molecule has 128 valence electrons. The fourth-order valence-corrected chi connectivity index (χ4v) is 3.92. The SMILES string of the molecule is Nc1cccc(CN2CCC(C(=O)NCCc3cccs3)CC2)c1. The van der Waals surface area contributed by atoms with Gasteiger partial charge in [-0.15, -0.1) is 11.3 Å². The van der Waals surface area contributed by atoms with Crippen LogP contribution in [0.5, 0.6) is 0 Å². The number of benzene rings is 1. The van der Waals surface area contributed by atoms with E-state index in [-0.39, 0.29) is 11.8 Å². The Bertz CT molecular complexity index is 648. The topological polar surface area (TPSA) is 58.4 Å². The highest BCUT2D eigenvalue weighted by Gasteiger charge is 2.24. The first-order chi connectivity index (χ1) is 11.7. The van der Waals surface area contributed by atoms with Crippen LogP contribution in [0.4, 0.5) is 5.69 Å². The lowest BCUT2D eigenvalue weighted by Gasteiger charge is -2.31. The molecule has 3 N–H and O–H groups in total. The smallest absolute Gasteiger partial charge is 0.223 e. The summed E-state index contributed by atoms with van der Waals surface area (Å²) in [5.74, 6) is 0.376. The average molecular weight is 343 g/mol. The third-order valence-electron chi connectivity index (χ3n) is 4.57. The van der Waals surface area contributed by atoms with Gasteiger partial charge in [-0.2, -0.15) is 0 Å². The molecule has 5 heteroatoms. The normalized spacial score (nSPS) is 16.2. The van der Waals surface area contributed by atoms with Crippen LogP contribution in [0, 0.1) is 5.92 Å². The van der Waals surface area contributed by atoms with Gasteiger partial charge in [0.25, 0.3) is 0 Å². The second-order valence-corrected chi connectivity index (χ2v) is 7.45. The number of carbonyl (C=O) groups is 1. The summed E-state index contributed by atoms with van der Waals surface area (Å²) in [5.41, 5.74) is 7.89. The van der Waals surface area contributed by atoms with E-state index < -0.39 is 0 Å². The minimum absolute atomic E-state index is 0.158. The Hall–Kier alpha value is -1.85. The van der Waals surface area contributed by atoms with E-state index in [9.17, 15) is 4.79 Å². The largest absolute Gasteiger partial charge is 0.399 e. The molecule has 1 fully saturated rings. The van der Waals surface area contributed by atoms with Gasteiger partial charge in [0.15, 0.2) is 0 Å². The van der Waals surface area contributed by atoms with Crippen LogP contribution in [0.15, 0.2) is 41.8 Å². The molecule has 1 amide bonds. The zero-order chi connectivity index (χ0) is 16.8. The van der Waals surface area contributed by atoms with E-state index >= 15 is 0 Å². The molecule has 2 heterocycles. The van der Waals surface area contributed by atoms with Crippen molar-refractivity contribution in [1.29, 1.82) is 0 Å². The van der Waals surface area contributed by atoms with Crippen LogP contribution in [0.3, 0.4) is 0 Å². The molecule has 1 aromatic carbocycles. The zero-order valence-electron chi connectivity index (χ0n) is 13.9. The molecule has 1 aromatic heterocycles. The van der Waals surface area contributed by atoms with Crippen molar-refractivity contribution in [3.63, 3.8) is 0 Å². The van der Waals surface area contributed by atoms with Crippen molar-refractivity contribution >= 4 is 22.9 Å². The van der Waals surface area contributed by atoms with Crippen LogP contribution in [0.2, 0.25) is 0 Å². The molecule has 1 saturated heterocycles. The molecule has 24 heavy (non-hydrogen) atoms. The third kappa shape index (κ3) is 4.82. The van der Waals surface area contributed by atoms with Gasteiger partial charge in [0.05, 0.1) is 0 Å². The molecule has 0 spiro atoms. The van der Waals surface area contributed by atoms with E-state index in [4.69, 9.17) is 5.73 Å². The molecule has 0 unspecified atom stereocenters. The summed E-state index contributed by atoms with van der Waals surface area (Å²) >= 11 is 1.75. The van der Waals surface area contributed by atoms with E-state index in [1.807, 2.05) is 18.2 Å². The highest BCUT2D eigenvalue weighted by Crippen LogP contribution is 2.20. The summed E-state index contributed by atoms with van der Waals surface area (Å²) in [4.78, 5) is 16.0. The van der Waals surface area contributed by atoms with Crippen LogP contribution in [0.1, 0.15) is 23.3 Å². The number of thiophene rings is 1. The lowest BCUT2D eigenvalue weighted by Crippen LogP contribution is -2.40. The molecule has 0 saturated carbocycles. The molecule has 0 atom stereocenters. The van der Waals surface area contributed by atoms with E-state index in [0.717, 1.165) is 51.1 Å². The number of nitrogens with one attached hydrogen (secondary N) is 1. The van der Waals surface area contributed by atoms with Gasteiger partial charge in [0.2, 0.25) is 5.91 Å². The lowest BCUT2D eigenvalue weighted by molar-refractivity contribution is -0.126. The van der Waals surface area contributed by atoms with E-state index in [0.29, 0.717) is 0 Å². The number of nitrogens with two attached hydrogens (primary N) is 1. The van der Waals surface area contributed by atoms with Crippen molar-refractivity contribution in [2.45, 2.75) is 25.8 Å². The Morgan fingerprint density at radius 3 is 2.79 bits per heavy atom. The van der Waals surface area contributed by atoms with Crippen molar-refractivity contribution in [1.82, 2.24) is 10.2 Å². The first-order valence-electron chi connectivity index (χ1n) is 8.57. The number of hydrogen-bond donors (Lipinski definition) is 2. The van der Waals surface area contributed by atoms with Crippen LogP contribution in [0.25, 0.3) is 0 Å². The van der Waals surface area contributed by atoms with E-state index in [1.165, 1.54) is 10.4 Å². The molecular weight excluding hydrogens is 318 g/mol. The van der Waals surface area contributed by atoms with Gasteiger partial charge in [-0.05, 0) is 61.5 Å². The Balaban J connectivity index is 1.38. The average Bonchev–Trinajstić information content (AvgIpc) is 3.09. The number of nitrogens with zero attached hydrogens (tertiary/aromatic N) is 1. The molecule has 0 bridgehead atoms. The van der Waals surface area contributed by atoms with Gasteiger partial charge in [-0.25, -0.2) is 0 Å². The molecule has 0 aliphatic carbocycles. The minimum Gasteiger partial charge on any atom is -0.399 e. The monoisotopic (exact) mass is 343 g/mol. The summed E-state index contributed by atoms with van der Waals surface area (Å²) in [6, 6.07) is 12.2. The molecule has 3 rings (SSSR count). The fraction of sp³-hybridized carbons (Fsp3) is 0.421. The van der Waals surface area contributed by atoms with Crippen molar-refractivity contribution in [2.75, 3.05) is 25.4 Å². The van der Waals surface area contributed by atoms with Gasteiger partial charge in [0, 0.05) is 29.6 Å². The van der Waals surface area contributed by atoms with E-state index in [1.54, 1.807) is 11.3 Å². The maximum Gasteiger partial charge on any atom is 0.223 e. The number of likely N-dealkylation sites (tertiary alicyclic amines) is 1. The van der Waals surface area contributed by atoms with Crippen LogP contribution in [-0.4, -0.2) is 30.4 Å². The third-order valence-corrected chi connectivity index (χ3v) is 5.50. The van der Waals surface area contributed by atoms with Crippen LogP contribution in [-0.2, 0) is 17.8 Å². The molecular formula is C19H25N3OS. The van der Waals surface area contributed by atoms with Crippen molar-refractivity contribution < 1.29 is 4.79 Å². The molecule has 2 aromatic rings. The fourth-order valence-electron chi connectivity index (χ4n) is 3.21. The number of anilines is 1. The number of amides is 1. The molecule has 0 radical (unpaired) electrons. The highest BCUT2D eigenvalue weighted by atomic mass is 32.1. The van der Waals surface area contributed by atoms with Crippen LogP contribution < -0.4 is 11.1 Å². The van der Waals surface area contributed by atoms with Gasteiger partial charge in [-0.3, -0.25) is 9.69 Å². The standard InChI is InChI=1S/C19H25N3OS/c20-17-4-1-3-15(13-17)14-22-10-7-16(8-11-22)19(23)21-9-6-18-5-2-12-24-18/h1-5,12-13,16H,6-11,14,20H2,(H,21,23). The van der Waals surface area contributed by atoms with Crippen molar-refractivity contribution in [3.8, 4) is 0 Å². The predicted molar refractivity (Wildman–Crippen MR) is 99.9 cm³/mol. The maximum atomic E-state index is 12.3. The number of piperidine rings is 1. The summed E-state index contributed by atoms with van der Waals surface area (Å²) in [7, 11) is 0. The first-order valence-corrected chi connectivity index (χ1v) is 9.45. The Labute approximate surface area is 147 Å². The van der Waals surface area contributed by atoms with Crippen molar-refractivity contribution in [3.05, 3.63) is 52.2 Å². The lowest BCUT2D eigenvalue weighted by atomic mass is 9.95. The number of hydrogen-bond acceptors (Lipinski definition) is 4. The predicted octanol–water partition coefficient (Wildman–Crippen LogP) is 2.90. The zero-order valence-corrected chi connectivity index (χ0v) is 14.7. The summed E-state index contributed by atoms with van der Waals surface area (Å²) in [6.07, 6.45) is 2.80. The summed E-state index contributed by atoms with van der Waals surface area (Å²) in [6.45, 7) is 3.59. The second-order valence-electron chi connectivity index (χ2n) is 6.42. The second kappa shape index (κ2) is 8.31. The quantitative estimate of drug-likeness (QED) is 0.793. The minimum atomic E-state index is 0.158. The number of carbonyl (C=O) groups excluding carboxylic acids is 1. The Kier molecular flexibility index (Phi) is 5.88. The molecule has 1 aliphatic heterocycles. The number of nitrogen functional groups attached to an aromatic ring is 1. The maximum absolute atomic E-state index is 12.3. The Morgan fingerprint density at radius 2 is 2.08 bits per heavy atom. The first kappa shape index (κ1) is 17.0. The van der Waals surface area contributed by atoms with Gasteiger partial charge in [0.1, 0.15) is 0 Å². The van der Waals surface area contributed by atoms with Gasteiger partial charge in [-0.1, -0.05) is 18.2 Å². The number of rotatable bonds is 6. The summed E-state index contributed by atoms with van der Waals surface area (Å²) < 4.78 is 0.